The number of aliphatic hydroxyl groups is 2. The number of hydrogen-bond acceptors (Lipinski definition) is 6. The van der Waals surface area contributed by atoms with Gasteiger partial charge in [0, 0.05) is 0 Å². The summed E-state index contributed by atoms with van der Waals surface area (Å²) in [5.41, 5.74) is 0.807. The van der Waals surface area contributed by atoms with E-state index in [1.807, 2.05) is 13.0 Å². The van der Waals surface area contributed by atoms with Crippen LogP contribution in [-0.2, 0) is 9.53 Å². The molecule has 2 atom stereocenters. The van der Waals surface area contributed by atoms with Gasteiger partial charge in [-0.1, -0.05) is 26.8 Å². The third kappa shape index (κ3) is 6.50. The molecular formula is C20H32O6. The molecule has 2 unspecified atom stereocenters. The molecule has 1 aromatic carbocycles. The zero-order valence-corrected chi connectivity index (χ0v) is 16.4. The van der Waals surface area contributed by atoms with Crippen molar-refractivity contribution in [1.29, 1.82) is 0 Å². The topological polar surface area (TPSA) is 85.2 Å². The highest BCUT2D eigenvalue weighted by atomic mass is 16.7. The van der Waals surface area contributed by atoms with E-state index in [9.17, 15) is 4.79 Å². The Balaban J connectivity index is 0.000000260. The average molecular weight is 368 g/mol. The van der Waals surface area contributed by atoms with Crippen LogP contribution in [0.2, 0.25) is 0 Å². The molecule has 0 bridgehead atoms. The molecule has 26 heavy (non-hydrogen) atoms. The molecule has 0 saturated heterocycles. The van der Waals surface area contributed by atoms with Crippen LogP contribution in [0.4, 0.5) is 0 Å². The van der Waals surface area contributed by atoms with Crippen molar-refractivity contribution in [3.05, 3.63) is 23.8 Å². The number of fused-ring (bicyclic) bond motifs is 1. The van der Waals surface area contributed by atoms with Crippen LogP contribution in [0.1, 0.15) is 58.9 Å². The number of esters is 1. The van der Waals surface area contributed by atoms with Gasteiger partial charge in [0.05, 0.1) is 12.0 Å². The van der Waals surface area contributed by atoms with Crippen molar-refractivity contribution in [3.8, 4) is 11.5 Å². The van der Waals surface area contributed by atoms with Gasteiger partial charge in [0.15, 0.2) is 11.5 Å². The SMILES string of the molecule is CCC(C)(C)C(=O)OCC(O)CO.CCC(C)c1ccc2c(c1)OCO2. The van der Waals surface area contributed by atoms with E-state index >= 15 is 0 Å². The summed E-state index contributed by atoms with van der Waals surface area (Å²) in [7, 11) is 0. The van der Waals surface area contributed by atoms with Crippen molar-refractivity contribution >= 4 is 5.97 Å². The lowest BCUT2D eigenvalue weighted by Crippen LogP contribution is -2.30. The summed E-state index contributed by atoms with van der Waals surface area (Å²) >= 11 is 0. The van der Waals surface area contributed by atoms with E-state index in [2.05, 4.69) is 26.0 Å². The van der Waals surface area contributed by atoms with Crippen LogP contribution in [-0.4, -0.2) is 42.3 Å². The third-order valence-corrected chi connectivity index (χ3v) is 4.63. The summed E-state index contributed by atoms with van der Waals surface area (Å²) in [5.74, 6) is 2.00. The Bertz CT molecular complexity index is 569. The van der Waals surface area contributed by atoms with Gasteiger partial charge >= 0.3 is 5.97 Å². The largest absolute Gasteiger partial charge is 0.462 e. The minimum absolute atomic E-state index is 0.140. The van der Waals surface area contributed by atoms with Gasteiger partial charge in [-0.25, -0.2) is 0 Å². The quantitative estimate of drug-likeness (QED) is 0.719. The highest BCUT2D eigenvalue weighted by Gasteiger charge is 2.27. The van der Waals surface area contributed by atoms with E-state index in [0.29, 0.717) is 19.1 Å². The van der Waals surface area contributed by atoms with Crippen LogP contribution in [0, 0.1) is 5.41 Å². The molecule has 0 aliphatic carbocycles. The van der Waals surface area contributed by atoms with Gasteiger partial charge in [-0.2, -0.15) is 0 Å². The second-order valence-electron chi connectivity index (χ2n) is 7.09. The number of aliphatic hydroxyl groups excluding tert-OH is 2. The van der Waals surface area contributed by atoms with Crippen molar-refractivity contribution in [2.75, 3.05) is 20.0 Å². The maximum Gasteiger partial charge on any atom is 0.311 e. The highest BCUT2D eigenvalue weighted by Crippen LogP contribution is 2.35. The van der Waals surface area contributed by atoms with E-state index in [0.717, 1.165) is 17.9 Å². The summed E-state index contributed by atoms with van der Waals surface area (Å²) in [6, 6.07) is 6.18. The van der Waals surface area contributed by atoms with Gasteiger partial charge < -0.3 is 24.4 Å². The molecule has 6 heteroatoms. The highest BCUT2D eigenvalue weighted by molar-refractivity contribution is 5.75. The van der Waals surface area contributed by atoms with E-state index < -0.39 is 11.5 Å². The Kier molecular flexibility index (Phi) is 8.88. The maximum absolute atomic E-state index is 11.3. The zero-order valence-electron chi connectivity index (χ0n) is 16.4. The molecular weight excluding hydrogens is 336 g/mol. The standard InChI is InChI=1S/C11H14O2.C9H18O4/c1-3-8(2)9-4-5-10-11(6-9)13-7-12-10;1-4-9(2,3)8(12)13-6-7(11)5-10/h4-6,8H,3,7H2,1-2H3;7,10-11H,4-6H2,1-3H3. The first-order valence-corrected chi connectivity index (χ1v) is 9.10. The first kappa shape index (κ1) is 22.3. The summed E-state index contributed by atoms with van der Waals surface area (Å²) in [6.45, 7) is 9.69. The fourth-order valence-corrected chi connectivity index (χ4v) is 2.02. The van der Waals surface area contributed by atoms with Crippen molar-refractivity contribution in [3.63, 3.8) is 0 Å². The number of hydrogen-bond donors (Lipinski definition) is 2. The molecule has 6 nitrogen and oxygen atoms in total. The Morgan fingerprint density at radius 1 is 1.27 bits per heavy atom. The Morgan fingerprint density at radius 3 is 2.50 bits per heavy atom. The molecule has 0 amide bonds. The molecule has 2 rings (SSSR count). The summed E-state index contributed by atoms with van der Waals surface area (Å²) in [6.07, 6.45) is 0.859. The number of ether oxygens (including phenoxy) is 3. The minimum atomic E-state index is -0.975. The fraction of sp³-hybridized carbons (Fsp3) is 0.650. The molecule has 1 aromatic rings. The van der Waals surface area contributed by atoms with Gasteiger partial charge in [0.2, 0.25) is 6.79 Å². The second kappa shape index (κ2) is 10.4. The maximum atomic E-state index is 11.3. The van der Waals surface area contributed by atoms with Crippen LogP contribution >= 0.6 is 0 Å². The molecule has 0 saturated carbocycles. The number of benzene rings is 1. The molecule has 2 N–H and O–H groups in total. The van der Waals surface area contributed by atoms with Gasteiger partial charge in [-0.15, -0.1) is 0 Å². The monoisotopic (exact) mass is 368 g/mol. The molecule has 0 spiro atoms. The molecule has 0 fully saturated rings. The van der Waals surface area contributed by atoms with Gasteiger partial charge in [0.25, 0.3) is 0 Å². The molecule has 1 aliphatic rings. The smallest absolute Gasteiger partial charge is 0.311 e. The van der Waals surface area contributed by atoms with Gasteiger partial charge in [-0.05, 0) is 50.3 Å². The molecule has 1 aliphatic heterocycles. The predicted molar refractivity (Wildman–Crippen MR) is 99.4 cm³/mol. The molecule has 1 heterocycles. The lowest BCUT2D eigenvalue weighted by Gasteiger charge is -2.21. The Labute approximate surface area is 156 Å². The Hall–Kier alpha value is -1.79. The number of carbonyl (C=O) groups excluding carboxylic acids is 1. The first-order chi connectivity index (χ1) is 12.2. The van der Waals surface area contributed by atoms with Crippen molar-refractivity contribution in [2.24, 2.45) is 5.41 Å². The average Bonchev–Trinajstić information content (AvgIpc) is 3.13. The van der Waals surface area contributed by atoms with E-state index in [4.69, 9.17) is 24.4 Å². The first-order valence-electron chi connectivity index (χ1n) is 9.10. The van der Waals surface area contributed by atoms with Crippen LogP contribution in [0.5, 0.6) is 11.5 Å². The van der Waals surface area contributed by atoms with Crippen molar-refractivity contribution in [2.45, 2.75) is 59.5 Å². The van der Waals surface area contributed by atoms with E-state index in [-0.39, 0.29) is 19.2 Å². The van der Waals surface area contributed by atoms with Crippen LogP contribution < -0.4 is 9.47 Å². The van der Waals surface area contributed by atoms with Crippen LogP contribution in [0.3, 0.4) is 0 Å². The second-order valence-corrected chi connectivity index (χ2v) is 7.09. The third-order valence-electron chi connectivity index (χ3n) is 4.63. The molecule has 0 aromatic heterocycles. The number of rotatable bonds is 7. The predicted octanol–water partition coefficient (Wildman–Crippen LogP) is 3.25. The van der Waals surface area contributed by atoms with Crippen molar-refractivity contribution < 1.29 is 29.2 Å². The van der Waals surface area contributed by atoms with Crippen molar-refractivity contribution in [1.82, 2.24) is 0 Å². The van der Waals surface area contributed by atoms with Gasteiger partial charge in [-0.3, -0.25) is 4.79 Å². The van der Waals surface area contributed by atoms with E-state index in [1.165, 1.54) is 5.56 Å². The summed E-state index contributed by atoms with van der Waals surface area (Å²) < 4.78 is 15.4. The number of carbonyl (C=O) groups is 1. The lowest BCUT2D eigenvalue weighted by atomic mass is 9.91. The van der Waals surface area contributed by atoms with E-state index in [1.54, 1.807) is 13.8 Å². The van der Waals surface area contributed by atoms with Crippen LogP contribution in [0.25, 0.3) is 0 Å². The summed E-state index contributed by atoms with van der Waals surface area (Å²) in [4.78, 5) is 11.3. The lowest BCUT2D eigenvalue weighted by molar-refractivity contribution is -0.157. The van der Waals surface area contributed by atoms with Gasteiger partial charge in [0.1, 0.15) is 12.7 Å². The minimum Gasteiger partial charge on any atom is -0.462 e. The molecule has 148 valence electrons. The zero-order chi connectivity index (χ0) is 19.7. The Morgan fingerprint density at radius 2 is 1.92 bits per heavy atom. The summed E-state index contributed by atoms with van der Waals surface area (Å²) in [5, 5.41) is 17.4. The fourth-order valence-electron chi connectivity index (χ4n) is 2.02. The molecule has 0 radical (unpaired) electrons. The normalized spacial score (nSPS) is 14.9. The van der Waals surface area contributed by atoms with Crippen LogP contribution in [0.15, 0.2) is 18.2 Å².